The highest BCUT2D eigenvalue weighted by atomic mass is 35.5. The van der Waals surface area contributed by atoms with E-state index >= 15 is 0 Å². The van der Waals surface area contributed by atoms with Gasteiger partial charge in [0.1, 0.15) is 0 Å². The fourth-order valence-electron chi connectivity index (χ4n) is 3.00. The SMILES string of the molecule is CCCCCCCCCCCCn1sc2cc(Cl)cc(Cl)c2c1=O. The number of rotatable bonds is 11. The molecule has 0 N–H and O–H groups in total. The molecule has 0 amide bonds. The Morgan fingerprint density at radius 2 is 1.50 bits per heavy atom. The van der Waals surface area contributed by atoms with Crippen LogP contribution >= 0.6 is 34.7 Å². The summed E-state index contributed by atoms with van der Waals surface area (Å²) in [4.78, 5) is 12.4. The van der Waals surface area contributed by atoms with Crippen LogP contribution in [0.5, 0.6) is 0 Å². The molecule has 0 aliphatic rings. The second kappa shape index (κ2) is 10.5. The van der Waals surface area contributed by atoms with E-state index in [9.17, 15) is 4.79 Å². The maximum Gasteiger partial charge on any atom is 0.270 e. The van der Waals surface area contributed by atoms with E-state index < -0.39 is 0 Å². The molecule has 0 radical (unpaired) electrons. The van der Waals surface area contributed by atoms with Crippen LogP contribution in [0.25, 0.3) is 10.1 Å². The van der Waals surface area contributed by atoms with Gasteiger partial charge in [-0.15, -0.1) is 0 Å². The fourth-order valence-corrected chi connectivity index (χ4v) is 4.80. The van der Waals surface area contributed by atoms with Gasteiger partial charge in [0.15, 0.2) is 0 Å². The van der Waals surface area contributed by atoms with Crippen LogP contribution < -0.4 is 5.56 Å². The van der Waals surface area contributed by atoms with Crippen LogP contribution in [0.2, 0.25) is 10.0 Å². The van der Waals surface area contributed by atoms with Crippen molar-refractivity contribution in [1.82, 2.24) is 3.96 Å². The van der Waals surface area contributed by atoms with Crippen LogP contribution in [0.15, 0.2) is 16.9 Å². The van der Waals surface area contributed by atoms with Crippen LogP contribution in [0.4, 0.5) is 0 Å². The van der Waals surface area contributed by atoms with E-state index in [1.165, 1.54) is 69.3 Å². The molecular formula is C19H27Cl2NOS. The number of halogens is 2. The Morgan fingerprint density at radius 3 is 2.12 bits per heavy atom. The second-order valence-corrected chi connectivity index (χ2v) is 8.35. The van der Waals surface area contributed by atoms with Crippen molar-refractivity contribution in [3.63, 3.8) is 0 Å². The number of nitrogens with zero attached hydrogens (tertiary/aromatic N) is 1. The maximum absolute atomic E-state index is 12.4. The van der Waals surface area contributed by atoms with Gasteiger partial charge in [0.25, 0.3) is 5.56 Å². The molecule has 24 heavy (non-hydrogen) atoms. The van der Waals surface area contributed by atoms with Gasteiger partial charge in [-0.05, 0) is 18.6 Å². The van der Waals surface area contributed by atoms with Gasteiger partial charge >= 0.3 is 0 Å². The van der Waals surface area contributed by atoms with Gasteiger partial charge in [0.05, 0.1) is 15.1 Å². The largest absolute Gasteiger partial charge is 0.270 e. The first-order valence-electron chi connectivity index (χ1n) is 9.12. The summed E-state index contributed by atoms with van der Waals surface area (Å²) in [6, 6.07) is 3.47. The standard InChI is InChI=1S/C19H27Cl2NOS/c1-2-3-4-5-6-7-8-9-10-11-12-22-19(23)18-16(21)13-15(20)14-17(18)24-22/h13-14H,2-12H2,1H3. The molecule has 1 aromatic carbocycles. The molecule has 2 rings (SSSR count). The predicted molar refractivity (Wildman–Crippen MR) is 108 cm³/mol. The van der Waals surface area contributed by atoms with Crippen molar-refractivity contribution in [3.05, 3.63) is 32.5 Å². The van der Waals surface area contributed by atoms with E-state index in [1.807, 2.05) is 10.0 Å². The van der Waals surface area contributed by atoms with E-state index in [2.05, 4.69) is 6.92 Å². The summed E-state index contributed by atoms with van der Waals surface area (Å²) in [6.45, 7) is 3.03. The van der Waals surface area contributed by atoms with Crippen molar-refractivity contribution in [2.24, 2.45) is 0 Å². The molecule has 0 aliphatic carbocycles. The lowest BCUT2D eigenvalue weighted by molar-refractivity contribution is 0.540. The van der Waals surface area contributed by atoms with E-state index in [0.717, 1.165) is 17.7 Å². The Balaban J connectivity index is 1.70. The minimum atomic E-state index is 0.0209. The monoisotopic (exact) mass is 387 g/mol. The van der Waals surface area contributed by atoms with Crippen LogP contribution in [-0.2, 0) is 6.54 Å². The number of aromatic nitrogens is 1. The van der Waals surface area contributed by atoms with Gasteiger partial charge in [-0.25, -0.2) is 0 Å². The smallest absolute Gasteiger partial charge is 0.268 e. The third kappa shape index (κ3) is 5.79. The highest BCUT2D eigenvalue weighted by molar-refractivity contribution is 7.14. The van der Waals surface area contributed by atoms with Crippen LogP contribution in [0, 0.1) is 0 Å². The Bertz CT molecular complexity index is 692. The Hall–Kier alpha value is -0.510. The van der Waals surface area contributed by atoms with E-state index in [1.54, 1.807) is 6.07 Å². The first-order valence-corrected chi connectivity index (χ1v) is 10.6. The molecule has 1 aromatic heterocycles. The van der Waals surface area contributed by atoms with E-state index in [-0.39, 0.29) is 5.56 Å². The number of aryl methyl sites for hydroxylation is 1. The van der Waals surface area contributed by atoms with E-state index in [0.29, 0.717) is 15.4 Å². The highest BCUT2D eigenvalue weighted by Crippen LogP contribution is 2.28. The van der Waals surface area contributed by atoms with Gasteiger partial charge < -0.3 is 0 Å². The summed E-state index contributed by atoms with van der Waals surface area (Å²) in [5.74, 6) is 0. The van der Waals surface area contributed by atoms with Crippen LogP contribution in [0.1, 0.15) is 71.1 Å². The lowest BCUT2D eigenvalue weighted by atomic mass is 10.1. The van der Waals surface area contributed by atoms with Crippen LogP contribution in [-0.4, -0.2) is 3.96 Å². The normalized spacial score (nSPS) is 11.5. The first kappa shape index (κ1) is 19.8. The van der Waals surface area contributed by atoms with Crippen molar-refractivity contribution in [3.8, 4) is 0 Å². The summed E-state index contributed by atoms with van der Waals surface area (Å²) in [5.41, 5.74) is 0.0209. The Kier molecular flexibility index (Phi) is 8.65. The molecule has 1 heterocycles. The third-order valence-electron chi connectivity index (χ3n) is 4.38. The Morgan fingerprint density at radius 1 is 0.917 bits per heavy atom. The predicted octanol–water partition coefficient (Wildman–Crippen LogP) is 7.29. The van der Waals surface area contributed by atoms with Gasteiger partial charge in [-0.3, -0.25) is 8.75 Å². The molecule has 0 saturated carbocycles. The van der Waals surface area contributed by atoms with Crippen molar-refractivity contribution in [2.75, 3.05) is 0 Å². The molecule has 2 nitrogen and oxygen atoms in total. The number of benzene rings is 1. The molecule has 0 bridgehead atoms. The zero-order valence-corrected chi connectivity index (χ0v) is 16.8. The zero-order valence-electron chi connectivity index (χ0n) is 14.5. The van der Waals surface area contributed by atoms with Crippen molar-refractivity contribution in [1.29, 1.82) is 0 Å². The summed E-state index contributed by atoms with van der Waals surface area (Å²) < 4.78 is 2.70. The minimum absolute atomic E-state index is 0.0209. The fraction of sp³-hybridized carbons (Fsp3) is 0.632. The summed E-state index contributed by atoms with van der Waals surface area (Å²) >= 11 is 13.6. The average molecular weight is 388 g/mol. The van der Waals surface area contributed by atoms with E-state index in [4.69, 9.17) is 23.2 Å². The van der Waals surface area contributed by atoms with Gasteiger partial charge in [-0.1, -0.05) is 99.4 Å². The molecule has 0 spiro atoms. The maximum atomic E-state index is 12.4. The summed E-state index contributed by atoms with van der Waals surface area (Å²) in [6.07, 6.45) is 13.0. The van der Waals surface area contributed by atoms with Crippen molar-refractivity contribution < 1.29 is 0 Å². The quantitative estimate of drug-likeness (QED) is 0.370. The number of fused-ring (bicyclic) bond motifs is 1. The van der Waals surface area contributed by atoms with Gasteiger partial charge in [0.2, 0.25) is 0 Å². The third-order valence-corrected chi connectivity index (χ3v) is 5.99. The second-order valence-electron chi connectivity index (χ2n) is 6.44. The van der Waals surface area contributed by atoms with Crippen molar-refractivity contribution in [2.45, 2.75) is 77.7 Å². The molecular weight excluding hydrogens is 361 g/mol. The topological polar surface area (TPSA) is 22.0 Å². The van der Waals surface area contributed by atoms with Crippen molar-refractivity contribution >= 4 is 44.8 Å². The molecule has 0 aliphatic heterocycles. The molecule has 0 unspecified atom stereocenters. The molecule has 134 valence electrons. The summed E-state index contributed by atoms with van der Waals surface area (Å²) in [5, 5.41) is 1.65. The molecule has 5 heteroatoms. The molecule has 2 aromatic rings. The molecule has 0 fully saturated rings. The van der Waals surface area contributed by atoms with Gasteiger partial charge in [0, 0.05) is 11.6 Å². The first-order chi connectivity index (χ1) is 11.6. The Labute approximate surface area is 158 Å². The lowest BCUT2D eigenvalue weighted by Gasteiger charge is -2.02. The lowest BCUT2D eigenvalue weighted by Crippen LogP contribution is -2.13. The number of unbranched alkanes of at least 4 members (excludes halogenated alkanes) is 9. The zero-order chi connectivity index (χ0) is 17.4. The number of hydrogen-bond donors (Lipinski definition) is 0. The molecule has 0 atom stereocenters. The number of hydrogen-bond acceptors (Lipinski definition) is 2. The average Bonchev–Trinajstić information content (AvgIpc) is 2.85. The van der Waals surface area contributed by atoms with Gasteiger partial charge in [-0.2, -0.15) is 0 Å². The van der Waals surface area contributed by atoms with Crippen LogP contribution in [0.3, 0.4) is 0 Å². The minimum Gasteiger partial charge on any atom is -0.268 e. The molecule has 0 saturated heterocycles. The highest BCUT2D eigenvalue weighted by Gasteiger charge is 2.11. The summed E-state index contributed by atoms with van der Waals surface area (Å²) in [7, 11) is 0.